The first-order chi connectivity index (χ1) is 13.5. The largest absolute Gasteiger partial charge is 0.507 e. The molecule has 0 spiro atoms. The van der Waals surface area contributed by atoms with E-state index in [1.807, 2.05) is 0 Å². The zero-order valence-corrected chi connectivity index (χ0v) is 14.5. The molecule has 3 aromatic rings. The molecule has 0 radical (unpaired) electrons. The lowest BCUT2D eigenvalue weighted by Gasteiger charge is -2.30. The Kier molecular flexibility index (Phi) is 3.96. The van der Waals surface area contributed by atoms with Gasteiger partial charge in [-0.1, -0.05) is 30.3 Å². The van der Waals surface area contributed by atoms with Crippen molar-refractivity contribution in [2.45, 2.75) is 5.60 Å². The predicted molar refractivity (Wildman–Crippen MR) is 98.7 cm³/mol. The van der Waals surface area contributed by atoms with Gasteiger partial charge in [-0.2, -0.15) is 0 Å². The van der Waals surface area contributed by atoms with Crippen LogP contribution in [0.4, 0.5) is 0 Å². The number of phenols is 2. The third-order valence-corrected chi connectivity index (χ3v) is 4.89. The summed E-state index contributed by atoms with van der Waals surface area (Å²) >= 11 is 0. The summed E-state index contributed by atoms with van der Waals surface area (Å²) in [6, 6.07) is 15.5. The number of cyclic esters (lactones) is 1. The number of rotatable bonds is 4. The van der Waals surface area contributed by atoms with E-state index < -0.39 is 11.6 Å². The Hall–Kier alpha value is -3.93. The number of ether oxygens (including phenoxy) is 1. The summed E-state index contributed by atoms with van der Waals surface area (Å²) in [5.74, 6) is -0.964. The Morgan fingerprint density at radius 2 is 1.32 bits per heavy atom. The van der Waals surface area contributed by atoms with Crippen LogP contribution in [0.15, 0.2) is 60.7 Å². The monoisotopic (exact) mass is 374 g/mol. The predicted octanol–water partition coefficient (Wildman–Crippen LogP) is 3.19. The first-order valence-corrected chi connectivity index (χ1v) is 8.41. The zero-order valence-electron chi connectivity index (χ0n) is 14.5. The summed E-state index contributed by atoms with van der Waals surface area (Å²) in [6.07, 6.45) is 1.01. The molecule has 1 aliphatic rings. The quantitative estimate of drug-likeness (QED) is 0.537. The van der Waals surface area contributed by atoms with Crippen LogP contribution in [0, 0.1) is 0 Å². The molecule has 0 fully saturated rings. The fourth-order valence-corrected chi connectivity index (χ4v) is 3.55. The summed E-state index contributed by atoms with van der Waals surface area (Å²) in [6.45, 7) is 0. The molecule has 1 heterocycles. The van der Waals surface area contributed by atoms with E-state index in [1.165, 1.54) is 24.3 Å². The number of benzene rings is 3. The Balaban J connectivity index is 2.08. The molecule has 0 atom stereocenters. The average Bonchev–Trinajstić information content (AvgIpc) is 3.02. The fraction of sp³-hybridized carbons (Fsp3) is 0.0455. The van der Waals surface area contributed by atoms with Gasteiger partial charge in [0.1, 0.15) is 11.5 Å². The third-order valence-electron chi connectivity index (χ3n) is 4.89. The average molecular weight is 374 g/mol. The number of aldehydes is 2. The van der Waals surface area contributed by atoms with Crippen molar-refractivity contribution in [3.63, 3.8) is 0 Å². The molecule has 2 N–H and O–H groups in total. The minimum Gasteiger partial charge on any atom is -0.507 e. The van der Waals surface area contributed by atoms with Crippen molar-refractivity contribution in [3.05, 3.63) is 94.0 Å². The van der Waals surface area contributed by atoms with Crippen LogP contribution in [0.3, 0.4) is 0 Å². The van der Waals surface area contributed by atoms with E-state index in [2.05, 4.69) is 0 Å². The fourth-order valence-electron chi connectivity index (χ4n) is 3.55. The van der Waals surface area contributed by atoms with Gasteiger partial charge in [0.05, 0.1) is 16.7 Å². The SMILES string of the molecule is O=Cc1cc(C2(c3ccc(O)c(C=O)c3)OC(=O)c3ccccc32)ccc1O. The van der Waals surface area contributed by atoms with E-state index in [0.717, 1.165) is 0 Å². The van der Waals surface area contributed by atoms with Crippen LogP contribution in [0.25, 0.3) is 0 Å². The van der Waals surface area contributed by atoms with Gasteiger partial charge < -0.3 is 14.9 Å². The van der Waals surface area contributed by atoms with E-state index in [0.29, 0.717) is 34.8 Å². The van der Waals surface area contributed by atoms with E-state index in [9.17, 15) is 24.6 Å². The molecular weight excluding hydrogens is 360 g/mol. The summed E-state index contributed by atoms with van der Waals surface area (Å²) in [5.41, 5.74) is 0.360. The highest BCUT2D eigenvalue weighted by Gasteiger charge is 2.48. The van der Waals surface area contributed by atoms with Gasteiger partial charge in [-0.15, -0.1) is 0 Å². The minimum atomic E-state index is -1.44. The van der Waals surface area contributed by atoms with Gasteiger partial charge in [-0.25, -0.2) is 4.79 Å². The molecule has 0 aromatic heterocycles. The van der Waals surface area contributed by atoms with Gasteiger partial charge in [0, 0.05) is 16.7 Å². The molecule has 4 rings (SSSR count). The van der Waals surface area contributed by atoms with Crippen LogP contribution in [0.1, 0.15) is 47.8 Å². The van der Waals surface area contributed by atoms with Crippen molar-refractivity contribution < 1.29 is 29.3 Å². The normalized spacial score (nSPS) is 14.2. The van der Waals surface area contributed by atoms with Gasteiger partial charge in [0.15, 0.2) is 18.2 Å². The molecular formula is C22H14O6. The number of hydrogen-bond acceptors (Lipinski definition) is 6. The third kappa shape index (κ3) is 2.39. The molecule has 6 heteroatoms. The van der Waals surface area contributed by atoms with E-state index >= 15 is 0 Å². The van der Waals surface area contributed by atoms with Crippen molar-refractivity contribution in [1.29, 1.82) is 0 Å². The maximum absolute atomic E-state index is 12.6. The van der Waals surface area contributed by atoms with Gasteiger partial charge in [0.2, 0.25) is 0 Å². The Morgan fingerprint density at radius 1 is 0.786 bits per heavy atom. The topological polar surface area (TPSA) is 101 Å². The van der Waals surface area contributed by atoms with Crippen LogP contribution in [0.2, 0.25) is 0 Å². The Bertz CT molecular complexity index is 1070. The lowest BCUT2D eigenvalue weighted by molar-refractivity contribution is 0.0251. The van der Waals surface area contributed by atoms with E-state index in [1.54, 1.807) is 36.4 Å². The smallest absolute Gasteiger partial charge is 0.340 e. The molecule has 0 bridgehead atoms. The van der Waals surface area contributed by atoms with Crippen molar-refractivity contribution in [2.24, 2.45) is 0 Å². The number of carbonyl (C=O) groups is 3. The van der Waals surface area contributed by atoms with Crippen molar-refractivity contribution >= 4 is 18.5 Å². The van der Waals surface area contributed by atoms with Crippen LogP contribution >= 0.6 is 0 Å². The number of hydrogen-bond donors (Lipinski definition) is 2. The van der Waals surface area contributed by atoms with Crippen LogP contribution in [-0.4, -0.2) is 28.8 Å². The number of carbonyl (C=O) groups excluding carboxylic acids is 3. The second-order valence-electron chi connectivity index (χ2n) is 6.40. The van der Waals surface area contributed by atoms with Gasteiger partial charge in [-0.3, -0.25) is 9.59 Å². The van der Waals surface area contributed by atoms with Gasteiger partial charge >= 0.3 is 5.97 Å². The molecule has 3 aromatic carbocycles. The summed E-state index contributed by atoms with van der Waals surface area (Å²) in [7, 11) is 0. The van der Waals surface area contributed by atoms with E-state index in [-0.39, 0.29) is 22.6 Å². The highest BCUT2D eigenvalue weighted by molar-refractivity contribution is 5.96. The molecule has 0 saturated heterocycles. The van der Waals surface area contributed by atoms with Crippen LogP contribution < -0.4 is 0 Å². The number of fused-ring (bicyclic) bond motifs is 1. The Morgan fingerprint density at radius 3 is 1.86 bits per heavy atom. The summed E-state index contributed by atoms with van der Waals surface area (Å²) in [4.78, 5) is 35.3. The lowest BCUT2D eigenvalue weighted by atomic mass is 9.79. The van der Waals surface area contributed by atoms with E-state index in [4.69, 9.17) is 4.74 Å². The molecule has 6 nitrogen and oxygen atoms in total. The lowest BCUT2D eigenvalue weighted by Crippen LogP contribution is -2.29. The molecule has 28 heavy (non-hydrogen) atoms. The van der Waals surface area contributed by atoms with Crippen molar-refractivity contribution in [2.75, 3.05) is 0 Å². The molecule has 1 aliphatic heterocycles. The highest BCUT2D eigenvalue weighted by Crippen LogP contribution is 2.48. The molecule has 0 aliphatic carbocycles. The number of phenolic OH excluding ortho intramolecular Hbond substituents is 2. The molecule has 0 unspecified atom stereocenters. The first-order valence-electron chi connectivity index (χ1n) is 8.41. The van der Waals surface area contributed by atoms with Gasteiger partial charge in [0.25, 0.3) is 0 Å². The Labute approximate surface area is 159 Å². The highest BCUT2D eigenvalue weighted by atomic mass is 16.6. The minimum absolute atomic E-state index is 0.0340. The zero-order chi connectivity index (χ0) is 19.9. The second kappa shape index (κ2) is 6.35. The van der Waals surface area contributed by atoms with Crippen LogP contribution in [0.5, 0.6) is 11.5 Å². The first kappa shape index (κ1) is 17.5. The maximum atomic E-state index is 12.6. The summed E-state index contributed by atoms with van der Waals surface area (Å²) in [5, 5.41) is 19.8. The van der Waals surface area contributed by atoms with Crippen molar-refractivity contribution in [1.82, 2.24) is 0 Å². The molecule has 0 saturated carbocycles. The maximum Gasteiger partial charge on any atom is 0.340 e. The van der Waals surface area contributed by atoms with Crippen molar-refractivity contribution in [3.8, 4) is 11.5 Å². The number of aromatic hydroxyl groups is 2. The molecule has 0 amide bonds. The van der Waals surface area contributed by atoms with Crippen LogP contribution in [-0.2, 0) is 10.3 Å². The molecule has 138 valence electrons. The number of esters is 1. The summed E-state index contributed by atoms with van der Waals surface area (Å²) < 4.78 is 5.84. The second-order valence-corrected chi connectivity index (χ2v) is 6.40. The van der Waals surface area contributed by atoms with Gasteiger partial charge in [-0.05, 0) is 30.3 Å². The standard InChI is InChI=1S/C22H14O6/c23-11-13-9-15(5-7-19(13)25)22(16-6-8-20(26)14(10-16)12-24)18-4-2-1-3-17(18)21(27)28-22/h1-12,25-26H.